The van der Waals surface area contributed by atoms with Gasteiger partial charge in [0.1, 0.15) is 0 Å². The van der Waals surface area contributed by atoms with Crippen LogP contribution in [0.2, 0.25) is 0 Å². The standard InChI is InChI=1S/C23H34N4O5/c1-3-25-12-5-4-6-20(25)23(30)27-15-19(32-17-18-7-10-24-11-8-18)14-26(21(28)16-27)13-9-22(29)31-2/h7-8,10-11,19-20H,3-6,9,12-17H2,1-2H3/t19-,20+/m1/s1. The molecule has 2 amide bonds. The maximum Gasteiger partial charge on any atom is 0.307 e. The third kappa shape index (κ3) is 6.49. The Morgan fingerprint density at radius 2 is 1.97 bits per heavy atom. The normalized spacial score (nSPS) is 22.5. The van der Waals surface area contributed by atoms with E-state index in [4.69, 9.17) is 9.47 Å². The van der Waals surface area contributed by atoms with E-state index in [1.807, 2.05) is 12.1 Å². The van der Waals surface area contributed by atoms with Crippen molar-refractivity contribution in [2.24, 2.45) is 0 Å². The molecule has 3 rings (SSSR count). The maximum atomic E-state index is 13.4. The average Bonchev–Trinajstić information content (AvgIpc) is 2.99. The number of pyridine rings is 1. The monoisotopic (exact) mass is 446 g/mol. The molecule has 0 N–H and O–H groups in total. The zero-order chi connectivity index (χ0) is 22.9. The first-order valence-corrected chi connectivity index (χ1v) is 11.4. The largest absolute Gasteiger partial charge is 0.469 e. The van der Waals surface area contributed by atoms with E-state index >= 15 is 0 Å². The molecule has 2 aliphatic rings. The predicted molar refractivity (Wildman–Crippen MR) is 117 cm³/mol. The average molecular weight is 447 g/mol. The van der Waals surface area contributed by atoms with Crippen LogP contribution in [0, 0.1) is 0 Å². The van der Waals surface area contributed by atoms with E-state index in [2.05, 4.69) is 16.8 Å². The Kier molecular flexibility index (Phi) is 8.99. The summed E-state index contributed by atoms with van der Waals surface area (Å²) in [5.74, 6) is -0.548. The van der Waals surface area contributed by atoms with Crippen LogP contribution in [0.15, 0.2) is 24.5 Å². The lowest BCUT2D eigenvalue weighted by Crippen LogP contribution is -2.53. The van der Waals surface area contributed by atoms with Crippen LogP contribution >= 0.6 is 0 Å². The van der Waals surface area contributed by atoms with E-state index < -0.39 is 0 Å². The Balaban J connectivity index is 1.73. The number of rotatable bonds is 8. The number of hydrogen-bond donors (Lipinski definition) is 0. The van der Waals surface area contributed by atoms with E-state index in [0.717, 1.165) is 37.9 Å². The lowest BCUT2D eigenvalue weighted by molar-refractivity contribution is -0.144. The first kappa shape index (κ1) is 24.1. The van der Waals surface area contributed by atoms with Crippen molar-refractivity contribution in [3.05, 3.63) is 30.1 Å². The van der Waals surface area contributed by atoms with Gasteiger partial charge in [0.25, 0.3) is 0 Å². The number of likely N-dealkylation sites (tertiary alicyclic amines) is 1. The van der Waals surface area contributed by atoms with Crippen molar-refractivity contribution in [2.75, 3.05) is 46.4 Å². The highest BCUT2D eigenvalue weighted by Crippen LogP contribution is 2.20. The van der Waals surface area contributed by atoms with Gasteiger partial charge in [-0.05, 0) is 43.6 Å². The van der Waals surface area contributed by atoms with E-state index in [1.54, 1.807) is 22.2 Å². The second-order valence-corrected chi connectivity index (χ2v) is 8.31. The maximum absolute atomic E-state index is 13.4. The fourth-order valence-corrected chi connectivity index (χ4v) is 4.35. The first-order chi connectivity index (χ1) is 15.5. The number of aromatic nitrogens is 1. The molecule has 0 bridgehead atoms. The van der Waals surface area contributed by atoms with Crippen molar-refractivity contribution in [1.29, 1.82) is 0 Å². The summed E-state index contributed by atoms with van der Waals surface area (Å²) in [5.41, 5.74) is 0.971. The predicted octanol–water partition coefficient (Wildman–Crippen LogP) is 1.08. The Bertz CT molecular complexity index is 775. The molecule has 32 heavy (non-hydrogen) atoms. The fraction of sp³-hybridized carbons (Fsp3) is 0.652. The smallest absolute Gasteiger partial charge is 0.307 e. The molecule has 0 aliphatic carbocycles. The van der Waals surface area contributed by atoms with Crippen LogP contribution in [0.3, 0.4) is 0 Å². The van der Waals surface area contributed by atoms with Crippen LogP contribution < -0.4 is 0 Å². The molecular weight excluding hydrogens is 412 g/mol. The van der Waals surface area contributed by atoms with Crippen LogP contribution in [0.4, 0.5) is 0 Å². The third-order valence-electron chi connectivity index (χ3n) is 6.19. The number of esters is 1. The summed E-state index contributed by atoms with van der Waals surface area (Å²) >= 11 is 0. The first-order valence-electron chi connectivity index (χ1n) is 11.4. The molecule has 0 saturated carbocycles. The number of ether oxygens (including phenoxy) is 2. The van der Waals surface area contributed by atoms with Crippen molar-refractivity contribution in [1.82, 2.24) is 19.7 Å². The second kappa shape index (κ2) is 11.9. The molecule has 176 valence electrons. The number of carbonyl (C=O) groups is 3. The number of nitrogens with zero attached hydrogens (tertiary/aromatic N) is 4. The molecule has 0 unspecified atom stereocenters. The molecule has 1 aromatic heterocycles. The molecular formula is C23H34N4O5. The van der Waals surface area contributed by atoms with Gasteiger partial charge in [0.2, 0.25) is 11.8 Å². The van der Waals surface area contributed by atoms with E-state index in [9.17, 15) is 14.4 Å². The topological polar surface area (TPSA) is 92.3 Å². The summed E-state index contributed by atoms with van der Waals surface area (Å²) in [7, 11) is 1.33. The van der Waals surface area contributed by atoms with Crippen molar-refractivity contribution in [3.63, 3.8) is 0 Å². The third-order valence-corrected chi connectivity index (χ3v) is 6.19. The minimum atomic E-state index is -0.370. The fourth-order valence-electron chi connectivity index (χ4n) is 4.35. The summed E-state index contributed by atoms with van der Waals surface area (Å²) in [6.45, 7) is 5.06. The number of likely N-dealkylation sites (N-methyl/N-ethyl adjacent to an activating group) is 1. The summed E-state index contributed by atoms with van der Waals surface area (Å²) in [4.78, 5) is 47.5. The highest BCUT2D eigenvalue weighted by Gasteiger charge is 2.36. The lowest BCUT2D eigenvalue weighted by Gasteiger charge is -2.37. The quantitative estimate of drug-likeness (QED) is 0.552. The van der Waals surface area contributed by atoms with Gasteiger partial charge in [-0.25, -0.2) is 0 Å². The van der Waals surface area contributed by atoms with Gasteiger partial charge >= 0.3 is 5.97 Å². The van der Waals surface area contributed by atoms with Gasteiger partial charge in [-0.15, -0.1) is 0 Å². The number of piperidine rings is 1. The van der Waals surface area contributed by atoms with Gasteiger partial charge in [-0.3, -0.25) is 24.3 Å². The second-order valence-electron chi connectivity index (χ2n) is 8.31. The van der Waals surface area contributed by atoms with Crippen molar-refractivity contribution in [2.45, 2.75) is 51.4 Å². The molecule has 9 nitrogen and oxygen atoms in total. The van der Waals surface area contributed by atoms with Crippen molar-refractivity contribution < 1.29 is 23.9 Å². The zero-order valence-corrected chi connectivity index (χ0v) is 19.1. The van der Waals surface area contributed by atoms with Gasteiger partial charge in [0.15, 0.2) is 0 Å². The van der Waals surface area contributed by atoms with Crippen molar-refractivity contribution >= 4 is 17.8 Å². The summed E-state index contributed by atoms with van der Waals surface area (Å²) in [6, 6.07) is 3.56. The Morgan fingerprint density at radius 3 is 2.69 bits per heavy atom. The molecule has 1 aromatic rings. The summed E-state index contributed by atoms with van der Waals surface area (Å²) < 4.78 is 10.9. The molecule has 0 radical (unpaired) electrons. The number of carbonyl (C=O) groups excluding carboxylic acids is 3. The molecule has 3 heterocycles. The molecule has 2 fully saturated rings. The zero-order valence-electron chi connectivity index (χ0n) is 19.1. The molecule has 0 spiro atoms. The van der Waals surface area contributed by atoms with Crippen LogP contribution in [-0.4, -0.2) is 96.0 Å². The number of hydrogen-bond acceptors (Lipinski definition) is 7. The minimum Gasteiger partial charge on any atom is -0.469 e. The highest BCUT2D eigenvalue weighted by atomic mass is 16.5. The van der Waals surface area contributed by atoms with Crippen LogP contribution in [0.1, 0.15) is 38.2 Å². The van der Waals surface area contributed by atoms with Crippen LogP contribution in [-0.2, 0) is 30.5 Å². The Hall–Kier alpha value is -2.52. The number of amides is 2. The Labute approximate surface area is 189 Å². The van der Waals surface area contributed by atoms with Crippen LogP contribution in [0.25, 0.3) is 0 Å². The highest BCUT2D eigenvalue weighted by molar-refractivity contribution is 5.88. The molecule has 2 atom stereocenters. The van der Waals surface area contributed by atoms with Gasteiger partial charge in [-0.2, -0.15) is 0 Å². The summed E-state index contributed by atoms with van der Waals surface area (Å²) in [6.07, 6.45) is 6.09. The Morgan fingerprint density at radius 1 is 1.19 bits per heavy atom. The van der Waals surface area contributed by atoms with Gasteiger partial charge < -0.3 is 19.3 Å². The van der Waals surface area contributed by atoms with E-state index in [1.165, 1.54) is 7.11 Å². The van der Waals surface area contributed by atoms with Gasteiger partial charge in [0.05, 0.1) is 38.8 Å². The minimum absolute atomic E-state index is 0.00315. The SMILES string of the molecule is CCN1CCCC[C@H]1C(=O)N1CC(=O)N(CCC(=O)OC)C[C@@H](OCc2ccncc2)C1. The molecule has 2 aliphatic heterocycles. The van der Waals surface area contributed by atoms with Crippen molar-refractivity contribution in [3.8, 4) is 0 Å². The molecule has 0 aromatic carbocycles. The number of methoxy groups -OCH3 is 1. The molecule has 2 saturated heterocycles. The molecule has 9 heteroatoms. The van der Waals surface area contributed by atoms with E-state index in [-0.39, 0.29) is 49.4 Å². The van der Waals surface area contributed by atoms with Gasteiger partial charge in [-0.1, -0.05) is 13.3 Å². The van der Waals surface area contributed by atoms with E-state index in [0.29, 0.717) is 19.7 Å². The van der Waals surface area contributed by atoms with Crippen LogP contribution in [0.5, 0.6) is 0 Å². The van der Waals surface area contributed by atoms with Gasteiger partial charge in [0, 0.05) is 32.0 Å². The summed E-state index contributed by atoms with van der Waals surface area (Å²) in [5, 5.41) is 0. The lowest BCUT2D eigenvalue weighted by atomic mass is 10.0.